The van der Waals surface area contributed by atoms with E-state index in [0.717, 1.165) is 26.0 Å². The van der Waals surface area contributed by atoms with Gasteiger partial charge in [-0.25, -0.2) is 0 Å². The van der Waals surface area contributed by atoms with E-state index in [1.165, 1.54) is 0 Å². The summed E-state index contributed by atoms with van der Waals surface area (Å²) >= 11 is 0. The van der Waals surface area contributed by atoms with Crippen LogP contribution in [0, 0.1) is 0 Å². The number of hydrogen-bond donors (Lipinski definition) is 1. The molecule has 1 aliphatic heterocycles. The summed E-state index contributed by atoms with van der Waals surface area (Å²) < 4.78 is 10.8. The van der Waals surface area contributed by atoms with Crippen molar-refractivity contribution in [3.63, 3.8) is 0 Å². The van der Waals surface area contributed by atoms with E-state index < -0.39 is 0 Å². The van der Waals surface area contributed by atoms with Crippen molar-refractivity contribution in [2.75, 3.05) is 13.2 Å². The highest BCUT2D eigenvalue weighted by Crippen LogP contribution is 2.33. The summed E-state index contributed by atoms with van der Waals surface area (Å²) in [5.74, 6) is 1.24. The molecule has 0 aromatic carbocycles. The van der Waals surface area contributed by atoms with Gasteiger partial charge in [-0.1, -0.05) is 11.2 Å². The van der Waals surface area contributed by atoms with Crippen LogP contribution in [0.15, 0.2) is 17.2 Å². The summed E-state index contributed by atoms with van der Waals surface area (Å²) in [5.41, 5.74) is -0.361. The van der Waals surface area contributed by atoms with Gasteiger partial charge in [0.15, 0.2) is 0 Å². The zero-order chi connectivity index (χ0) is 11.4. The molecule has 0 spiro atoms. The maximum absolute atomic E-state index is 5.64. The molecule has 1 fully saturated rings. The van der Waals surface area contributed by atoms with Crippen LogP contribution >= 0.6 is 0 Å². The molecule has 16 heavy (non-hydrogen) atoms. The molecule has 5 heteroatoms. The Balaban J connectivity index is 1.98. The smallest absolute Gasteiger partial charge is 0.240 e. The van der Waals surface area contributed by atoms with Crippen molar-refractivity contribution >= 4 is 0 Å². The highest BCUT2D eigenvalue weighted by molar-refractivity contribution is 5.01. The maximum atomic E-state index is 5.64. The van der Waals surface area contributed by atoms with Crippen LogP contribution in [0.3, 0.4) is 0 Å². The zero-order valence-corrected chi connectivity index (χ0v) is 9.53. The zero-order valence-electron chi connectivity index (χ0n) is 9.53. The minimum atomic E-state index is -0.361. The molecule has 0 saturated carbocycles. The van der Waals surface area contributed by atoms with E-state index in [2.05, 4.69) is 22.0 Å². The normalized spacial score (nSPS) is 24.8. The molecule has 88 valence electrons. The molecule has 1 aliphatic rings. The number of aromatic nitrogens is 2. The van der Waals surface area contributed by atoms with Crippen LogP contribution in [0.4, 0.5) is 0 Å². The van der Waals surface area contributed by atoms with Crippen LogP contribution in [0.5, 0.6) is 0 Å². The standard InChI is InChI=1S/C11H17N3O2/c1-3-6-12-8-9-13-10(14-16-9)11(2)5-4-7-15-11/h3,12H,1,4-8H2,2H3. The van der Waals surface area contributed by atoms with Crippen molar-refractivity contribution in [2.45, 2.75) is 31.9 Å². The Morgan fingerprint density at radius 3 is 3.19 bits per heavy atom. The molecule has 1 N–H and O–H groups in total. The first-order valence-corrected chi connectivity index (χ1v) is 5.53. The summed E-state index contributed by atoms with van der Waals surface area (Å²) in [7, 11) is 0. The highest BCUT2D eigenvalue weighted by Gasteiger charge is 2.36. The van der Waals surface area contributed by atoms with Gasteiger partial charge in [0.05, 0.1) is 6.54 Å². The van der Waals surface area contributed by atoms with E-state index in [9.17, 15) is 0 Å². The fraction of sp³-hybridized carbons (Fsp3) is 0.636. The van der Waals surface area contributed by atoms with Crippen LogP contribution in [0.1, 0.15) is 31.5 Å². The lowest BCUT2D eigenvalue weighted by molar-refractivity contribution is 0.00768. The molecular weight excluding hydrogens is 206 g/mol. The second kappa shape index (κ2) is 4.76. The highest BCUT2D eigenvalue weighted by atomic mass is 16.5. The first kappa shape index (κ1) is 11.3. The Morgan fingerprint density at radius 1 is 1.62 bits per heavy atom. The van der Waals surface area contributed by atoms with Crippen LogP contribution in [-0.2, 0) is 16.9 Å². The summed E-state index contributed by atoms with van der Waals surface area (Å²) in [6, 6.07) is 0. The maximum Gasteiger partial charge on any atom is 0.240 e. The fourth-order valence-electron chi connectivity index (χ4n) is 1.78. The molecule has 0 aliphatic carbocycles. The predicted molar refractivity (Wildman–Crippen MR) is 58.7 cm³/mol. The van der Waals surface area contributed by atoms with E-state index in [-0.39, 0.29) is 5.60 Å². The molecule has 1 atom stereocenters. The van der Waals surface area contributed by atoms with Gasteiger partial charge in [-0.15, -0.1) is 6.58 Å². The van der Waals surface area contributed by atoms with Crippen molar-refractivity contribution in [2.24, 2.45) is 0 Å². The first-order chi connectivity index (χ1) is 7.74. The van der Waals surface area contributed by atoms with Crippen LogP contribution in [0.25, 0.3) is 0 Å². The van der Waals surface area contributed by atoms with Crippen molar-refractivity contribution in [1.29, 1.82) is 0 Å². The second-order valence-electron chi connectivity index (χ2n) is 4.11. The topological polar surface area (TPSA) is 60.2 Å². The van der Waals surface area contributed by atoms with Gasteiger partial charge in [0.25, 0.3) is 0 Å². The lowest BCUT2D eigenvalue weighted by Gasteiger charge is -2.17. The Bertz CT molecular complexity index is 356. The van der Waals surface area contributed by atoms with Crippen molar-refractivity contribution < 1.29 is 9.26 Å². The van der Waals surface area contributed by atoms with Gasteiger partial charge in [0.2, 0.25) is 11.7 Å². The Labute approximate surface area is 94.9 Å². The lowest BCUT2D eigenvalue weighted by atomic mass is 10.0. The van der Waals surface area contributed by atoms with E-state index in [1.54, 1.807) is 6.08 Å². The van der Waals surface area contributed by atoms with Crippen molar-refractivity contribution in [3.05, 3.63) is 24.4 Å². The van der Waals surface area contributed by atoms with Crippen LogP contribution in [-0.4, -0.2) is 23.3 Å². The van der Waals surface area contributed by atoms with Crippen molar-refractivity contribution in [1.82, 2.24) is 15.5 Å². The van der Waals surface area contributed by atoms with Crippen LogP contribution in [0.2, 0.25) is 0 Å². The molecule has 1 aromatic heterocycles. The Kier molecular flexibility index (Phi) is 3.36. The second-order valence-corrected chi connectivity index (χ2v) is 4.11. The minimum Gasteiger partial charge on any atom is -0.367 e. The van der Waals surface area contributed by atoms with Gasteiger partial charge in [0, 0.05) is 13.2 Å². The largest absolute Gasteiger partial charge is 0.367 e. The van der Waals surface area contributed by atoms with E-state index in [0.29, 0.717) is 18.3 Å². The quantitative estimate of drug-likeness (QED) is 0.603. The molecule has 5 nitrogen and oxygen atoms in total. The molecule has 1 saturated heterocycles. The Hall–Kier alpha value is -1.20. The van der Waals surface area contributed by atoms with Gasteiger partial charge < -0.3 is 14.6 Å². The molecule has 0 bridgehead atoms. The molecule has 1 aromatic rings. The minimum absolute atomic E-state index is 0.361. The third-order valence-corrected chi connectivity index (χ3v) is 2.72. The third kappa shape index (κ3) is 2.31. The van der Waals surface area contributed by atoms with E-state index in [4.69, 9.17) is 9.26 Å². The van der Waals surface area contributed by atoms with Gasteiger partial charge >= 0.3 is 0 Å². The predicted octanol–water partition coefficient (Wildman–Crippen LogP) is 1.37. The number of rotatable bonds is 5. The van der Waals surface area contributed by atoms with E-state index >= 15 is 0 Å². The van der Waals surface area contributed by atoms with E-state index in [1.807, 2.05) is 6.92 Å². The number of nitrogens with one attached hydrogen (secondary N) is 1. The number of hydrogen-bond acceptors (Lipinski definition) is 5. The van der Waals surface area contributed by atoms with Gasteiger partial charge in [-0.2, -0.15) is 4.98 Å². The molecule has 0 amide bonds. The molecule has 2 heterocycles. The van der Waals surface area contributed by atoms with Gasteiger partial charge in [-0.05, 0) is 19.8 Å². The third-order valence-electron chi connectivity index (χ3n) is 2.72. The SMILES string of the molecule is C=CCNCc1nc(C2(C)CCCO2)no1. The van der Waals surface area contributed by atoms with Gasteiger partial charge in [0.1, 0.15) is 5.60 Å². The molecule has 0 radical (unpaired) electrons. The fourth-order valence-corrected chi connectivity index (χ4v) is 1.78. The lowest BCUT2D eigenvalue weighted by Crippen LogP contribution is -2.22. The molecular formula is C11H17N3O2. The summed E-state index contributed by atoms with van der Waals surface area (Å²) in [5, 5.41) is 7.08. The van der Waals surface area contributed by atoms with Gasteiger partial charge in [-0.3, -0.25) is 0 Å². The average molecular weight is 223 g/mol. The number of ether oxygens (including phenoxy) is 1. The first-order valence-electron chi connectivity index (χ1n) is 5.53. The molecule has 2 rings (SSSR count). The summed E-state index contributed by atoms with van der Waals surface area (Å²) in [6.07, 6.45) is 3.79. The molecule has 1 unspecified atom stereocenters. The monoisotopic (exact) mass is 223 g/mol. The Morgan fingerprint density at radius 2 is 2.50 bits per heavy atom. The summed E-state index contributed by atoms with van der Waals surface area (Å²) in [4.78, 5) is 4.34. The van der Waals surface area contributed by atoms with Crippen LogP contribution < -0.4 is 5.32 Å². The van der Waals surface area contributed by atoms with Crippen molar-refractivity contribution in [3.8, 4) is 0 Å². The average Bonchev–Trinajstić information content (AvgIpc) is 2.88. The summed E-state index contributed by atoms with van der Waals surface area (Å²) in [6.45, 7) is 7.69. The number of nitrogens with zero attached hydrogens (tertiary/aromatic N) is 2.